The zero-order valence-corrected chi connectivity index (χ0v) is 20.6. The average Bonchev–Trinajstić information content (AvgIpc) is 3.45. The Balaban J connectivity index is 1.44. The van der Waals surface area contributed by atoms with Crippen LogP contribution in [0.3, 0.4) is 0 Å². The van der Waals surface area contributed by atoms with Crippen molar-refractivity contribution in [3.63, 3.8) is 0 Å². The molecule has 2 aromatic carbocycles. The summed E-state index contributed by atoms with van der Waals surface area (Å²) < 4.78 is 13.3. The number of para-hydroxylation sites is 1. The van der Waals surface area contributed by atoms with Crippen LogP contribution in [0.25, 0.3) is 11.1 Å². The molecule has 0 saturated heterocycles. The summed E-state index contributed by atoms with van der Waals surface area (Å²) in [6.07, 6.45) is 0. The van der Waals surface area contributed by atoms with E-state index in [1.165, 1.54) is 23.1 Å². The van der Waals surface area contributed by atoms with Crippen LogP contribution >= 0.6 is 23.1 Å². The zero-order chi connectivity index (χ0) is 23.8. The fourth-order valence-corrected chi connectivity index (χ4v) is 4.72. The summed E-state index contributed by atoms with van der Waals surface area (Å²) in [5.41, 5.74) is 2.97. The number of carbonyl (C=O) groups is 1. The van der Waals surface area contributed by atoms with Gasteiger partial charge in [0.05, 0.1) is 18.1 Å². The van der Waals surface area contributed by atoms with E-state index in [1.807, 2.05) is 59.3 Å². The predicted octanol–water partition coefficient (Wildman–Crippen LogP) is 4.67. The number of hydrogen-bond acceptors (Lipinski definition) is 8. The van der Waals surface area contributed by atoms with E-state index in [4.69, 9.17) is 9.47 Å². The maximum absolute atomic E-state index is 12.3. The molecule has 4 rings (SSSR count). The highest BCUT2D eigenvalue weighted by Gasteiger charge is 2.16. The van der Waals surface area contributed by atoms with Crippen LogP contribution in [0.15, 0.2) is 65.1 Å². The summed E-state index contributed by atoms with van der Waals surface area (Å²) in [5, 5.41) is 14.5. The van der Waals surface area contributed by atoms with Crippen LogP contribution in [0.1, 0.15) is 11.5 Å². The molecule has 0 saturated carbocycles. The number of nitrogens with one attached hydrogen (secondary N) is 1. The van der Waals surface area contributed by atoms with Crippen molar-refractivity contribution in [3.8, 4) is 16.9 Å². The van der Waals surface area contributed by atoms with Crippen LogP contribution in [0.2, 0.25) is 0 Å². The van der Waals surface area contributed by atoms with Crippen molar-refractivity contribution < 1.29 is 14.3 Å². The van der Waals surface area contributed by atoms with Gasteiger partial charge in [0.2, 0.25) is 5.91 Å². The van der Waals surface area contributed by atoms with E-state index in [9.17, 15) is 4.79 Å². The number of thiazole rings is 1. The second-order valence-electron chi connectivity index (χ2n) is 7.32. The first-order valence-corrected chi connectivity index (χ1v) is 12.5. The third-order valence-corrected chi connectivity index (χ3v) is 6.68. The van der Waals surface area contributed by atoms with E-state index in [-0.39, 0.29) is 18.3 Å². The topological polar surface area (TPSA) is 91.2 Å². The van der Waals surface area contributed by atoms with E-state index in [2.05, 4.69) is 32.6 Å². The van der Waals surface area contributed by atoms with Gasteiger partial charge in [-0.15, -0.1) is 21.5 Å². The van der Waals surface area contributed by atoms with E-state index in [0.29, 0.717) is 29.3 Å². The Morgan fingerprint density at radius 2 is 1.91 bits per heavy atom. The second kappa shape index (κ2) is 11.8. The Kier molecular flexibility index (Phi) is 8.29. The van der Waals surface area contributed by atoms with Crippen LogP contribution in [0.4, 0.5) is 5.13 Å². The van der Waals surface area contributed by atoms with E-state index < -0.39 is 0 Å². The molecule has 10 heteroatoms. The maximum atomic E-state index is 12.3. The molecule has 1 amide bonds. The summed E-state index contributed by atoms with van der Waals surface area (Å²) in [6, 6.07) is 18.0. The molecule has 1 N–H and O–H groups in total. The summed E-state index contributed by atoms with van der Waals surface area (Å²) in [6.45, 7) is 3.18. The van der Waals surface area contributed by atoms with Crippen molar-refractivity contribution >= 4 is 34.1 Å². The molecule has 0 radical (unpaired) electrons. The van der Waals surface area contributed by atoms with Crippen molar-refractivity contribution in [2.75, 3.05) is 24.8 Å². The van der Waals surface area contributed by atoms with Gasteiger partial charge in [-0.1, -0.05) is 60.3 Å². The fraction of sp³-hybridized carbons (Fsp3) is 0.250. The fourth-order valence-electron chi connectivity index (χ4n) is 3.23. The number of benzene rings is 2. The van der Waals surface area contributed by atoms with Crippen LogP contribution in [0.5, 0.6) is 5.75 Å². The standard InChI is InChI=1S/C24H25N5O3S2/c1-17-15-33-23(25-17)26-22(30)16-34-24-28-27-21(29(24)12-13-31-2)14-32-20-11-7-6-10-19(20)18-8-4-3-5-9-18/h3-11,15H,12-14,16H2,1-2H3,(H,25,26,30). The van der Waals surface area contributed by atoms with Crippen molar-refractivity contribution in [2.45, 2.75) is 25.2 Å². The van der Waals surface area contributed by atoms with Gasteiger partial charge in [0.15, 0.2) is 16.1 Å². The van der Waals surface area contributed by atoms with Gasteiger partial charge in [-0.3, -0.25) is 4.79 Å². The van der Waals surface area contributed by atoms with Gasteiger partial charge >= 0.3 is 0 Å². The lowest BCUT2D eigenvalue weighted by molar-refractivity contribution is -0.113. The third kappa shape index (κ3) is 6.22. The molecule has 34 heavy (non-hydrogen) atoms. The summed E-state index contributed by atoms with van der Waals surface area (Å²) in [5.74, 6) is 1.48. The van der Waals surface area contributed by atoms with Gasteiger partial charge in [-0.05, 0) is 18.6 Å². The number of amides is 1. The largest absolute Gasteiger partial charge is 0.485 e. The number of nitrogens with zero attached hydrogens (tertiary/aromatic N) is 4. The molecule has 176 valence electrons. The number of aromatic nitrogens is 4. The van der Waals surface area contributed by atoms with E-state index in [1.54, 1.807) is 7.11 Å². The Morgan fingerprint density at radius 3 is 2.68 bits per heavy atom. The monoisotopic (exact) mass is 495 g/mol. The van der Waals surface area contributed by atoms with Crippen molar-refractivity contribution in [1.29, 1.82) is 0 Å². The highest BCUT2D eigenvalue weighted by molar-refractivity contribution is 7.99. The molecule has 2 aromatic heterocycles. The molecule has 8 nitrogen and oxygen atoms in total. The first kappa shape index (κ1) is 23.9. The van der Waals surface area contributed by atoms with Crippen molar-refractivity contribution in [3.05, 3.63) is 71.5 Å². The second-order valence-corrected chi connectivity index (χ2v) is 9.13. The van der Waals surface area contributed by atoms with Gasteiger partial charge in [0, 0.05) is 24.6 Å². The van der Waals surface area contributed by atoms with Crippen LogP contribution in [-0.4, -0.2) is 45.1 Å². The van der Waals surface area contributed by atoms with Gasteiger partial charge < -0.3 is 19.4 Å². The molecule has 0 bridgehead atoms. The lowest BCUT2D eigenvalue weighted by atomic mass is 10.1. The van der Waals surface area contributed by atoms with E-state index >= 15 is 0 Å². The molecule has 0 atom stereocenters. The highest BCUT2D eigenvalue weighted by Crippen LogP contribution is 2.30. The Labute approximate surface area is 206 Å². The third-order valence-electron chi connectivity index (χ3n) is 4.84. The number of anilines is 1. The summed E-state index contributed by atoms with van der Waals surface area (Å²) >= 11 is 2.72. The lowest BCUT2D eigenvalue weighted by Crippen LogP contribution is -2.16. The smallest absolute Gasteiger partial charge is 0.236 e. The molecule has 0 unspecified atom stereocenters. The van der Waals surface area contributed by atoms with Crippen LogP contribution in [-0.2, 0) is 22.7 Å². The first-order valence-electron chi connectivity index (χ1n) is 10.7. The van der Waals surface area contributed by atoms with Crippen molar-refractivity contribution in [2.24, 2.45) is 0 Å². The molecule has 2 heterocycles. The number of thioether (sulfide) groups is 1. The summed E-state index contributed by atoms with van der Waals surface area (Å²) in [7, 11) is 1.65. The molecule has 0 aliphatic carbocycles. The van der Waals surface area contributed by atoms with Gasteiger partial charge in [0.25, 0.3) is 0 Å². The molecular weight excluding hydrogens is 470 g/mol. The van der Waals surface area contributed by atoms with Gasteiger partial charge in [0.1, 0.15) is 12.4 Å². The van der Waals surface area contributed by atoms with Crippen LogP contribution in [0, 0.1) is 6.92 Å². The molecule has 0 aliphatic rings. The molecular formula is C24H25N5O3S2. The maximum Gasteiger partial charge on any atom is 0.236 e. The Hall–Kier alpha value is -3.21. The van der Waals surface area contributed by atoms with Gasteiger partial charge in [-0.25, -0.2) is 4.98 Å². The van der Waals surface area contributed by atoms with E-state index in [0.717, 1.165) is 22.6 Å². The minimum Gasteiger partial charge on any atom is -0.485 e. The van der Waals surface area contributed by atoms with Gasteiger partial charge in [-0.2, -0.15) is 0 Å². The molecule has 0 aliphatic heterocycles. The number of aryl methyl sites for hydroxylation is 1. The lowest BCUT2D eigenvalue weighted by Gasteiger charge is -2.13. The number of ether oxygens (including phenoxy) is 2. The number of methoxy groups -OCH3 is 1. The van der Waals surface area contributed by atoms with Crippen LogP contribution < -0.4 is 10.1 Å². The highest BCUT2D eigenvalue weighted by atomic mass is 32.2. The number of hydrogen-bond donors (Lipinski definition) is 1. The van der Waals surface area contributed by atoms with Crippen molar-refractivity contribution in [1.82, 2.24) is 19.7 Å². The minimum atomic E-state index is -0.143. The SMILES string of the molecule is COCCn1c(COc2ccccc2-c2ccccc2)nnc1SCC(=O)Nc1nc(C)cs1. The zero-order valence-electron chi connectivity index (χ0n) is 18.9. The minimum absolute atomic E-state index is 0.143. The average molecular weight is 496 g/mol. The Morgan fingerprint density at radius 1 is 1.12 bits per heavy atom. The quantitative estimate of drug-likeness (QED) is 0.303. The molecule has 4 aromatic rings. The number of rotatable bonds is 11. The predicted molar refractivity (Wildman–Crippen MR) is 134 cm³/mol. The normalized spacial score (nSPS) is 10.9. The Bertz CT molecular complexity index is 1230. The number of carbonyl (C=O) groups excluding carboxylic acids is 1. The molecule has 0 fully saturated rings. The summed E-state index contributed by atoms with van der Waals surface area (Å²) in [4.78, 5) is 16.6. The first-order chi connectivity index (χ1) is 16.6. The molecule has 0 spiro atoms.